The molecule has 4 heteroatoms. The van der Waals surface area contributed by atoms with Crippen molar-refractivity contribution in [3.63, 3.8) is 0 Å². The predicted molar refractivity (Wildman–Crippen MR) is 69.4 cm³/mol. The van der Waals surface area contributed by atoms with Crippen LogP contribution in [-0.2, 0) is 4.79 Å². The fourth-order valence-electron chi connectivity index (χ4n) is 2.81. The molecule has 0 aliphatic carbocycles. The number of nitrogens with one attached hydrogen (secondary N) is 1. The van der Waals surface area contributed by atoms with E-state index in [4.69, 9.17) is 5.11 Å². The molecule has 1 unspecified atom stereocenters. The van der Waals surface area contributed by atoms with E-state index < -0.39 is 0 Å². The number of carbonyl (C=O) groups excluding carboxylic acids is 1. The number of hydrogen-bond donors (Lipinski definition) is 2. The Morgan fingerprint density at radius 3 is 2.94 bits per heavy atom. The van der Waals surface area contributed by atoms with Crippen LogP contribution >= 0.6 is 0 Å². The van der Waals surface area contributed by atoms with Gasteiger partial charge < -0.3 is 15.3 Å². The third kappa shape index (κ3) is 1.86. The highest BCUT2D eigenvalue weighted by Gasteiger charge is 2.36. The Balaban J connectivity index is 1.76. The lowest BCUT2D eigenvalue weighted by molar-refractivity contribution is -0.140. The third-order valence-electron chi connectivity index (χ3n) is 3.91. The molecule has 1 amide bonds. The van der Waals surface area contributed by atoms with Gasteiger partial charge >= 0.3 is 0 Å². The number of hydrogen-bond acceptors (Lipinski definition) is 3. The maximum Gasteiger partial charge on any atom is 0.230 e. The van der Waals surface area contributed by atoms with E-state index in [9.17, 15) is 4.79 Å². The number of benzene rings is 1. The molecule has 2 aliphatic rings. The highest BCUT2D eigenvalue weighted by atomic mass is 16.3. The molecule has 2 N–H and O–H groups in total. The maximum absolute atomic E-state index is 12.4. The molecule has 4 nitrogen and oxygen atoms in total. The topological polar surface area (TPSA) is 52.6 Å². The highest BCUT2D eigenvalue weighted by molar-refractivity contribution is 5.87. The minimum atomic E-state index is -0.0120. The second-order valence-corrected chi connectivity index (χ2v) is 5.15. The third-order valence-corrected chi connectivity index (χ3v) is 3.91. The van der Waals surface area contributed by atoms with Crippen molar-refractivity contribution in [3.05, 3.63) is 29.8 Å². The SMILES string of the molecule is O=C(C1CCNc2ccccc21)N1CC(CO)C1. The van der Waals surface area contributed by atoms with Gasteiger partial charge in [-0.1, -0.05) is 18.2 Å². The normalized spacial score (nSPS) is 22.9. The van der Waals surface area contributed by atoms with Gasteiger partial charge in [0.25, 0.3) is 0 Å². The van der Waals surface area contributed by atoms with Crippen molar-refractivity contribution < 1.29 is 9.90 Å². The summed E-state index contributed by atoms with van der Waals surface area (Å²) in [5.41, 5.74) is 2.20. The lowest BCUT2D eigenvalue weighted by atomic mass is 9.88. The molecule has 0 saturated carbocycles. The smallest absolute Gasteiger partial charge is 0.230 e. The van der Waals surface area contributed by atoms with Crippen molar-refractivity contribution in [2.75, 3.05) is 31.6 Å². The molecule has 1 fully saturated rings. The minimum absolute atomic E-state index is 0.0120. The molecule has 0 bridgehead atoms. The van der Waals surface area contributed by atoms with Crippen LogP contribution in [0, 0.1) is 5.92 Å². The van der Waals surface area contributed by atoms with Crippen LogP contribution in [0.5, 0.6) is 0 Å². The summed E-state index contributed by atoms with van der Waals surface area (Å²) in [5, 5.41) is 12.3. The summed E-state index contributed by atoms with van der Waals surface area (Å²) in [5.74, 6) is 0.488. The second kappa shape index (κ2) is 4.61. The van der Waals surface area contributed by atoms with E-state index in [1.807, 2.05) is 29.2 Å². The Kier molecular flexibility index (Phi) is 2.96. The van der Waals surface area contributed by atoms with Gasteiger partial charge in [-0.2, -0.15) is 0 Å². The minimum Gasteiger partial charge on any atom is -0.396 e. The monoisotopic (exact) mass is 246 g/mol. The summed E-state index contributed by atoms with van der Waals surface area (Å²) in [6, 6.07) is 8.04. The number of para-hydroxylation sites is 1. The quantitative estimate of drug-likeness (QED) is 0.819. The standard InChI is InChI=1S/C14H18N2O2/c17-9-10-7-16(8-10)14(18)12-5-6-15-13-4-2-1-3-11(12)13/h1-4,10,12,15,17H,5-9H2. The zero-order valence-corrected chi connectivity index (χ0v) is 10.3. The Morgan fingerprint density at radius 2 is 2.17 bits per heavy atom. The summed E-state index contributed by atoms with van der Waals surface area (Å²) in [7, 11) is 0. The van der Waals surface area contributed by atoms with Crippen LogP contribution in [0.1, 0.15) is 17.9 Å². The lowest BCUT2D eigenvalue weighted by Crippen LogP contribution is -2.53. The van der Waals surface area contributed by atoms with Crippen LogP contribution in [0.3, 0.4) is 0 Å². The molecule has 18 heavy (non-hydrogen) atoms. The fourth-order valence-corrected chi connectivity index (χ4v) is 2.81. The highest BCUT2D eigenvalue weighted by Crippen LogP contribution is 2.34. The maximum atomic E-state index is 12.4. The molecular weight excluding hydrogens is 228 g/mol. The first-order valence-corrected chi connectivity index (χ1v) is 6.52. The molecule has 0 aromatic heterocycles. The van der Waals surface area contributed by atoms with Crippen LogP contribution in [0.4, 0.5) is 5.69 Å². The number of rotatable bonds is 2. The lowest BCUT2D eigenvalue weighted by Gasteiger charge is -2.41. The number of aliphatic hydroxyl groups excluding tert-OH is 1. The van der Waals surface area contributed by atoms with Gasteiger partial charge in [-0.25, -0.2) is 0 Å². The number of likely N-dealkylation sites (tertiary alicyclic amines) is 1. The van der Waals surface area contributed by atoms with Crippen LogP contribution in [0.15, 0.2) is 24.3 Å². The molecule has 1 saturated heterocycles. The molecule has 2 heterocycles. The summed E-state index contributed by atoms with van der Waals surface area (Å²) in [6.45, 7) is 2.46. The first kappa shape index (κ1) is 11.5. The van der Waals surface area contributed by atoms with E-state index in [2.05, 4.69) is 5.32 Å². The Hall–Kier alpha value is -1.55. The molecule has 1 aromatic carbocycles. The average molecular weight is 246 g/mol. The Morgan fingerprint density at radius 1 is 1.39 bits per heavy atom. The molecule has 3 rings (SSSR count). The summed E-state index contributed by atoms with van der Waals surface area (Å²) < 4.78 is 0. The van der Waals surface area contributed by atoms with Gasteiger partial charge in [0.15, 0.2) is 0 Å². The van der Waals surface area contributed by atoms with Crippen molar-refractivity contribution in [3.8, 4) is 0 Å². The summed E-state index contributed by atoms with van der Waals surface area (Å²) in [4.78, 5) is 14.3. The number of nitrogens with zero attached hydrogens (tertiary/aromatic N) is 1. The van der Waals surface area contributed by atoms with Gasteiger partial charge in [0.05, 0.1) is 5.92 Å². The van der Waals surface area contributed by atoms with Gasteiger partial charge in [0, 0.05) is 37.8 Å². The molecule has 96 valence electrons. The van der Waals surface area contributed by atoms with E-state index in [1.165, 1.54) is 0 Å². The number of anilines is 1. The molecule has 0 spiro atoms. The van der Waals surface area contributed by atoms with Gasteiger partial charge in [0.1, 0.15) is 0 Å². The molecular formula is C14H18N2O2. The Labute approximate surface area is 107 Å². The van der Waals surface area contributed by atoms with Crippen molar-refractivity contribution in [2.24, 2.45) is 5.92 Å². The number of amides is 1. The van der Waals surface area contributed by atoms with Crippen LogP contribution < -0.4 is 5.32 Å². The van der Waals surface area contributed by atoms with E-state index in [1.54, 1.807) is 0 Å². The van der Waals surface area contributed by atoms with E-state index >= 15 is 0 Å². The van der Waals surface area contributed by atoms with Crippen LogP contribution in [-0.4, -0.2) is 42.2 Å². The largest absolute Gasteiger partial charge is 0.396 e. The molecule has 1 aromatic rings. The van der Waals surface area contributed by atoms with Gasteiger partial charge in [-0.3, -0.25) is 4.79 Å². The molecule has 1 atom stereocenters. The van der Waals surface area contributed by atoms with E-state index in [-0.39, 0.29) is 24.3 Å². The zero-order valence-electron chi connectivity index (χ0n) is 10.3. The van der Waals surface area contributed by atoms with Crippen LogP contribution in [0.25, 0.3) is 0 Å². The number of carbonyl (C=O) groups is 1. The zero-order chi connectivity index (χ0) is 12.5. The van der Waals surface area contributed by atoms with Gasteiger partial charge in [0.2, 0.25) is 5.91 Å². The number of fused-ring (bicyclic) bond motifs is 1. The second-order valence-electron chi connectivity index (χ2n) is 5.15. The van der Waals surface area contributed by atoms with Crippen LogP contribution in [0.2, 0.25) is 0 Å². The first-order valence-electron chi connectivity index (χ1n) is 6.52. The average Bonchev–Trinajstić information content (AvgIpc) is 2.36. The van der Waals surface area contributed by atoms with Gasteiger partial charge in [-0.15, -0.1) is 0 Å². The summed E-state index contributed by atoms with van der Waals surface area (Å²) >= 11 is 0. The number of aliphatic hydroxyl groups is 1. The van der Waals surface area contributed by atoms with Crippen molar-refractivity contribution in [1.82, 2.24) is 4.90 Å². The van der Waals surface area contributed by atoms with E-state index in [0.29, 0.717) is 13.1 Å². The molecule has 2 aliphatic heterocycles. The van der Waals surface area contributed by atoms with Crippen molar-refractivity contribution in [2.45, 2.75) is 12.3 Å². The first-order chi connectivity index (χ1) is 8.79. The fraction of sp³-hybridized carbons (Fsp3) is 0.500. The Bertz CT molecular complexity index is 455. The van der Waals surface area contributed by atoms with E-state index in [0.717, 1.165) is 24.2 Å². The summed E-state index contributed by atoms with van der Waals surface area (Å²) in [6.07, 6.45) is 0.857. The van der Waals surface area contributed by atoms with Crippen molar-refractivity contribution >= 4 is 11.6 Å². The van der Waals surface area contributed by atoms with Crippen molar-refractivity contribution in [1.29, 1.82) is 0 Å². The molecule has 0 radical (unpaired) electrons. The predicted octanol–water partition coefficient (Wildman–Crippen LogP) is 1.04. The van der Waals surface area contributed by atoms with Gasteiger partial charge in [-0.05, 0) is 18.1 Å².